The summed E-state index contributed by atoms with van der Waals surface area (Å²) >= 11 is 3.47. The van der Waals surface area contributed by atoms with Crippen LogP contribution in [-0.2, 0) is 19.2 Å². The SMILES string of the molecule is CC(=O)N[C@@H](C(=O)N1CCCC1C1=NC=C(c2csc3c(-c4ccc(-c5cnc(C6CCCN6C(=O)[C@@H](NC(=O)CO)C(C)C)[nH]5)cc4)csc23)C1)c1ccccc1. The molecule has 8 rings (SSSR count). The number of nitrogens with one attached hydrogen (secondary N) is 3. The van der Waals surface area contributed by atoms with Gasteiger partial charge in [0, 0.05) is 60.2 Å². The van der Waals surface area contributed by atoms with E-state index in [2.05, 4.69) is 50.6 Å². The number of aliphatic hydroxyl groups excluding tert-OH is 1. The number of aliphatic hydroxyl groups is 1. The third kappa shape index (κ3) is 7.75. The summed E-state index contributed by atoms with van der Waals surface area (Å²) in [5.74, 6) is -0.491. The van der Waals surface area contributed by atoms with Crippen LogP contribution in [-0.4, -0.2) is 86.0 Å². The molecule has 300 valence electrons. The summed E-state index contributed by atoms with van der Waals surface area (Å²) in [5.41, 5.74) is 8.23. The van der Waals surface area contributed by atoms with Crippen molar-refractivity contribution in [1.82, 2.24) is 30.4 Å². The van der Waals surface area contributed by atoms with E-state index < -0.39 is 24.6 Å². The number of benzene rings is 2. The monoisotopic (exact) mass is 817 g/mol. The molecule has 14 heteroatoms. The normalized spacial score (nSPS) is 19.1. The number of rotatable bonds is 12. The minimum atomic E-state index is -0.736. The predicted molar refractivity (Wildman–Crippen MR) is 228 cm³/mol. The van der Waals surface area contributed by atoms with Gasteiger partial charge in [0.2, 0.25) is 23.6 Å². The summed E-state index contributed by atoms with van der Waals surface area (Å²) < 4.78 is 2.45. The lowest BCUT2D eigenvalue weighted by atomic mass is 9.98. The number of H-pyrrole nitrogens is 1. The summed E-state index contributed by atoms with van der Waals surface area (Å²) in [6.07, 6.45) is 7.78. The van der Waals surface area contributed by atoms with Gasteiger partial charge in [-0.1, -0.05) is 68.4 Å². The van der Waals surface area contributed by atoms with Crippen molar-refractivity contribution >= 4 is 67.0 Å². The predicted octanol–water partition coefficient (Wildman–Crippen LogP) is 6.87. The third-order valence-corrected chi connectivity index (χ3v) is 13.5. The van der Waals surface area contributed by atoms with E-state index in [1.165, 1.54) is 27.5 Å². The molecular weight excluding hydrogens is 771 g/mol. The Morgan fingerprint density at radius 2 is 1.52 bits per heavy atom. The smallest absolute Gasteiger partial charge is 0.250 e. The highest BCUT2D eigenvalue weighted by Gasteiger charge is 2.39. The van der Waals surface area contributed by atoms with Crippen LogP contribution in [0.3, 0.4) is 0 Å². The van der Waals surface area contributed by atoms with Crippen molar-refractivity contribution in [2.24, 2.45) is 10.9 Å². The maximum absolute atomic E-state index is 13.9. The van der Waals surface area contributed by atoms with E-state index in [-0.39, 0.29) is 35.7 Å². The van der Waals surface area contributed by atoms with Gasteiger partial charge in [0.1, 0.15) is 24.5 Å². The molecule has 6 heterocycles. The molecule has 0 saturated carbocycles. The zero-order valence-electron chi connectivity index (χ0n) is 32.7. The van der Waals surface area contributed by atoms with Gasteiger partial charge in [0.25, 0.3) is 0 Å². The zero-order valence-corrected chi connectivity index (χ0v) is 34.4. The number of aliphatic imine (C=N–C) groups is 1. The molecule has 5 aromatic rings. The molecule has 2 fully saturated rings. The Hall–Kier alpha value is -5.44. The van der Waals surface area contributed by atoms with E-state index in [0.29, 0.717) is 25.3 Å². The highest BCUT2D eigenvalue weighted by molar-refractivity contribution is 7.27. The fraction of sp³-hybridized carbons (Fsp3) is 0.364. The van der Waals surface area contributed by atoms with Crippen LogP contribution in [0.2, 0.25) is 0 Å². The van der Waals surface area contributed by atoms with Gasteiger partial charge in [-0.2, -0.15) is 0 Å². The fourth-order valence-electron chi connectivity index (χ4n) is 8.45. The van der Waals surface area contributed by atoms with Crippen LogP contribution < -0.4 is 10.6 Å². The Kier molecular flexibility index (Phi) is 11.4. The first-order valence-corrected chi connectivity index (χ1v) is 21.6. The first-order valence-electron chi connectivity index (χ1n) is 19.8. The Balaban J connectivity index is 0.938. The van der Waals surface area contributed by atoms with E-state index in [0.717, 1.165) is 59.4 Å². The number of allylic oxidation sites excluding steroid dienone is 1. The molecule has 0 spiro atoms. The number of aromatic nitrogens is 2. The lowest BCUT2D eigenvalue weighted by Gasteiger charge is -2.30. The second-order valence-corrected chi connectivity index (χ2v) is 17.3. The van der Waals surface area contributed by atoms with Gasteiger partial charge in [0.15, 0.2) is 0 Å². The summed E-state index contributed by atoms with van der Waals surface area (Å²) in [7, 11) is 0. The van der Waals surface area contributed by atoms with Crippen LogP contribution in [0, 0.1) is 5.92 Å². The molecule has 58 heavy (non-hydrogen) atoms. The fourth-order valence-corrected chi connectivity index (χ4v) is 10.9. The van der Waals surface area contributed by atoms with Gasteiger partial charge < -0.3 is 30.5 Å². The molecule has 4 amide bonds. The zero-order chi connectivity index (χ0) is 40.5. The number of amides is 4. The first-order chi connectivity index (χ1) is 28.1. The number of thiophene rings is 2. The van der Waals surface area contributed by atoms with Crippen LogP contribution in [0.1, 0.15) is 81.9 Å². The minimum Gasteiger partial charge on any atom is -0.387 e. The van der Waals surface area contributed by atoms with Gasteiger partial charge >= 0.3 is 0 Å². The number of carbonyl (C=O) groups excluding carboxylic acids is 4. The molecule has 3 aromatic heterocycles. The minimum absolute atomic E-state index is 0.102. The van der Waals surface area contributed by atoms with Crippen LogP contribution >= 0.6 is 22.7 Å². The van der Waals surface area contributed by atoms with E-state index in [1.54, 1.807) is 27.6 Å². The Morgan fingerprint density at radius 3 is 2.21 bits per heavy atom. The quantitative estimate of drug-likeness (QED) is 0.108. The number of hydrogen-bond acceptors (Lipinski definition) is 9. The molecule has 2 aromatic carbocycles. The molecule has 3 aliphatic rings. The number of carbonyl (C=O) groups is 4. The van der Waals surface area contributed by atoms with Crippen molar-refractivity contribution in [3.8, 4) is 22.4 Å². The Bertz CT molecular complexity index is 2400. The summed E-state index contributed by atoms with van der Waals surface area (Å²) in [4.78, 5) is 68.3. The highest BCUT2D eigenvalue weighted by Crippen LogP contribution is 2.45. The Morgan fingerprint density at radius 1 is 0.862 bits per heavy atom. The topological polar surface area (TPSA) is 160 Å². The molecule has 12 nitrogen and oxygen atoms in total. The number of hydrogen-bond donors (Lipinski definition) is 4. The molecule has 0 bridgehead atoms. The molecule has 4 atom stereocenters. The van der Waals surface area contributed by atoms with Crippen molar-refractivity contribution in [3.05, 3.63) is 94.7 Å². The average molecular weight is 818 g/mol. The van der Waals surface area contributed by atoms with E-state index in [1.807, 2.05) is 61.5 Å². The summed E-state index contributed by atoms with van der Waals surface area (Å²) in [5, 5.41) is 19.2. The first kappa shape index (κ1) is 39.4. The van der Waals surface area contributed by atoms with Crippen molar-refractivity contribution in [3.63, 3.8) is 0 Å². The maximum Gasteiger partial charge on any atom is 0.250 e. The van der Waals surface area contributed by atoms with E-state index >= 15 is 0 Å². The second-order valence-electron chi connectivity index (χ2n) is 15.5. The highest BCUT2D eigenvalue weighted by atomic mass is 32.1. The van der Waals surface area contributed by atoms with Crippen LogP contribution in [0.4, 0.5) is 0 Å². The second kappa shape index (κ2) is 16.8. The summed E-state index contributed by atoms with van der Waals surface area (Å²) in [6.45, 7) is 5.75. The average Bonchev–Trinajstić information content (AvgIpc) is 4.08. The largest absolute Gasteiger partial charge is 0.387 e. The standard InChI is InChI=1S/C44H47N7O5S2/c1-25(2)38(49-37(54)22-52)43(55)51-18-8-12-36(51)42-46-21-34(48-42)28-15-13-27(14-16-28)31-23-57-41-32(24-58-40(31)41)30-19-33(45-20-30)35-11-7-17-50(35)44(56)39(47-26(3)53)29-9-5-4-6-10-29/h4-6,9-10,13-16,20-21,23-25,35-36,38-39,52H,7-8,11-12,17-19,22H2,1-3H3,(H,46,48)(H,47,53)(H,49,54)/t35?,36?,38-,39+/m0/s1. The maximum atomic E-state index is 13.9. The molecule has 0 aliphatic carbocycles. The van der Waals surface area contributed by atoms with Crippen LogP contribution in [0.15, 0.2) is 82.7 Å². The molecular formula is C44H47N7O5S2. The van der Waals surface area contributed by atoms with Crippen molar-refractivity contribution < 1.29 is 24.3 Å². The number of aromatic amines is 1. The van der Waals surface area contributed by atoms with Gasteiger partial charge in [0.05, 0.1) is 33.4 Å². The molecule has 2 saturated heterocycles. The van der Waals surface area contributed by atoms with Gasteiger partial charge in [-0.05, 0) is 53.9 Å². The molecule has 0 radical (unpaired) electrons. The number of fused-ring (bicyclic) bond motifs is 1. The summed E-state index contributed by atoms with van der Waals surface area (Å²) in [6, 6.07) is 16.1. The molecule has 3 aliphatic heterocycles. The molecule has 2 unspecified atom stereocenters. The number of nitrogens with zero attached hydrogens (tertiary/aromatic N) is 4. The van der Waals surface area contributed by atoms with Gasteiger partial charge in [-0.3, -0.25) is 24.2 Å². The third-order valence-electron chi connectivity index (χ3n) is 11.4. The number of imidazole rings is 1. The Labute approximate surface area is 345 Å². The van der Waals surface area contributed by atoms with E-state index in [9.17, 15) is 24.3 Å². The molecule has 4 N–H and O–H groups in total. The lowest BCUT2D eigenvalue weighted by Crippen LogP contribution is -2.51. The van der Waals surface area contributed by atoms with Crippen LogP contribution in [0.25, 0.3) is 37.4 Å². The van der Waals surface area contributed by atoms with Gasteiger partial charge in [-0.25, -0.2) is 4.98 Å². The van der Waals surface area contributed by atoms with Crippen molar-refractivity contribution in [2.45, 2.75) is 77.0 Å². The van der Waals surface area contributed by atoms with Crippen molar-refractivity contribution in [1.29, 1.82) is 0 Å². The number of likely N-dealkylation sites (tertiary alicyclic amines) is 2. The van der Waals surface area contributed by atoms with E-state index in [4.69, 9.17) is 9.98 Å². The lowest BCUT2D eigenvalue weighted by molar-refractivity contribution is -0.139. The van der Waals surface area contributed by atoms with Gasteiger partial charge in [-0.15, -0.1) is 22.7 Å². The van der Waals surface area contributed by atoms with Crippen molar-refractivity contribution in [2.75, 3.05) is 19.7 Å². The van der Waals surface area contributed by atoms with Crippen LogP contribution in [0.5, 0.6) is 0 Å².